The molecule has 1 aliphatic heterocycles. The van der Waals surface area contributed by atoms with Crippen LogP contribution in [0.4, 0.5) is 0 Å². The molecule has 0 amide bonds. The lowest BCUT2D eigenvalue weighted by Gasteiger charge is -2.33. The summed E-state index contributed by atoms with van der Waals surface area (Å²) >= 11 is 0. The van der Waals surface area contributed by atoms with E-state index in [1.165, 1.54) is 25.7 Å². The molecule has 1 unspecified atom stereocenters. The van der Waals surface area contributed by atoms with Crippen LogP contribution in [0.3, 0.4) is 0 Å². The highest BCUT2D eigenvalue weighted by atomic mass is 16.1. The van der Waals surface area contributed by atoms with Crippen LogP contribution in [0, 0.1) is 5.92 Å². The number of carbonyl (C=O) groups excluding carboxylic acids is 1. The van der Waals surface area contributed by atoms with E-state index < -0.39 is 0 Å². The van der Waals surface area contributed by atoms with Gasteiger partial charge in [-0.25, -0.2) is 0 Å². The van der Waals surface area contributed by atoms with Gasteiger partial charge >= 0.3 is 0 Å². The fourth-order valence-corrected chi connectivity index (χ4v) is 2.22. The predicted octanol–water partition coefficient (Wildman–Crippen LogP) is 2.48. The maximum absolute atomic E-state index is 10.9. The summed E-state index contributed by atoms with van der Waals surface area (Å²) < 4.78 is 0. The topological polar surface area (TPSA) is 20.3 Å². The Bertz CT molecular complexity index is 189. The Balaban J connectivity index is 2.53. The highest BCUT2D eigenvalue weighted by Crippen LogP contribution is 2.24. The number of likely N-dealkylation sites (tertiary alicyclic amines) is 1. The molecule has 2 heteroatoms. The summed E-state index contributed by atoms with van der Waals surface area (Å²) in [6, 6.07) is 0. The Morgan fingerprint density at radius 3 is 2.64 bits per heavy atom. The number of hydrogen-bond acceptors (Lipinski definition) is 2. The average molecular weight is 197 g/mol. The fourth-order valence-electron chi connectivity index (χ4n) is 2.22. The average Bonchev–Trinajstić information content (AvgIpc) is 2.42. The molecule has 0 radical (unpaired) electrons. The van der Waals surface area contributed by atoms with E-state index in [1.54, 1.807) is 0 Å². The van der Waals surface area contributed by atoms with Crippen molar-refractivity contribution in [1.82, 2.24) is 4.90 Å². The number of rotatable bonds is 3. The minimum absolute atomic E-state index is 0.261. The molecule has 1 aliphatic rings. The number of carbonyl (C=O) groups is 1. The van der Waals surface area contributed by atoms with Crippen molar-refractivity contribution in [2.45, 2.75) is 52.0 Å². The highest BCUT2D eigenvalue weighted by molar-refractivity contribution is 5.62. The minimum atomic E-state index is -0.261. The van der Waals surface area contributed by atoms with Crippen molar-refractivity contribution in [2.24, 2.45) is 5.92 Å². The van der Waals surface area contributed by atoms with Crippen LogP contribution in [-0.4, -0.2) is 29.8 Å². The Morgan fingerprint density at radius 2 is 2.07 bits per heavy atom. The monoisotopic (exact) mass is 197 g/mol. The Morgan fingerprint density at radius 1 is 1.36 bits per heavy atom. The van der Waals surface area contributed by atoms with Crippen LogP contribution in [0.2, 0.25) is 0 Å². The molecule has 0 aromatic heterocycles. The zero-order valence-electron chi connectivity index (χ0n) is 9.75. The summed E-state index contributed by atoms with van der Waals surface area (Å²) in [6.07, 6.45) is 6.21. The molecule has 0 aromatic rings. The quantitative estimate of drug-likeness (QED) is 0.648. The van der Waals surface area contributed by atoms with Gasteiger partial charge in [0, 0.05) is 0 Å². The van der Waals surface area contributed by atoms with Gasteiger partial charge in [-0.1, -0.05) is 13.3 Å². The maximum Gasteiger partial charge on any atom is 0.139 e. The molecule has 0 N–H and O–H groups in total. The lowest BCUT2D eigenvalue weighted by Crippen LogP contribution is -2.45. The van der Waals surface area contributed by atoms with E-state index >= 15 is 0 Å². The van der Waals surface area contributed by atoms with Crippen LogP contribution in [0.5, 0.6) is 0 Å². The van der Waals surface area contributed by atoms with Gasteiger partial charge < -0.3 is 4.79 Å². The first-order chi connectivity index (χ1) is 6.60. The van der Waals surface area contributed by atoms with Crippen molar-refractivity contribution < 1.29 is 4.79 Å². The van der Waals surface area contributed by atoms with Gasteiger partial charge in [0.2, 0.25) is 0 Å². The standard InChI is InChI=1S/C12H23NO/c1-4-11-6-5-8-13(9-7-11)12(2,3)10-14/h10-11H,4-9H2,1-3H3. The summed E-state index contributed by atoms with van der Waals surface area (Å²) in [5.74, 6) is 0.877. The highest BCUT2D eigenvalue weighted by Gasteiger charge is 2.27. The molecule has 2 nitrogen and oxygen atoms in total. The molecular weight excluding hydrogens is 174 g/mol. The van der Waals surface area contributed by atoms with Crippen LogP contribution in [-0.2, 0) is 4.79 Å². The zero-order valence-corrected chi connectivity index (χ0v) is 9.75. The summed E-state index contributed by atoms with van der Waals surface area (Å²) in [6.45, 7) is 8.48. The van der Waals surface area contributed by atoms with E-state index in [4.69, 9.17) is 0 Å². The van der Waals surface area contributed by atoms with E-state index in [2.05, 4.69) is 11.8 Å². The second kappa shape index (κ2) is 4.92. The van der Waals surface area contributed by atoms with Gasteiger partial charge in [0.05, 0.1) is 5.54 Å². The molecule has 0 bridgehead atoms. The summed E-state index contributed by atoms with van der Waals surface area (Å²) in [7, 11) is 0. The van der Waals surface area contributed by atoms with Crippen molar-refractivity contribution in [1.29, 1.82) is 0 Å². The van der Waals surface area contributed by atoms with Gasteiger partial charge in [0.25, 0.3) is 0 Å². The van der Waals surface area contributed by atoms with E-state index in [-0.39, 0.29) is 5.54 Å². The molecule has 1 atom stereocenters. The molecule has 14 heavy (non-hydrogen) atoms. The number of aldehydes is 1. The molecule has 0 saturated carbocycles. The predicted molar refractivity (Wildman–Crippen MR) is 59.3 cm³/mol. The Hall–Kier alpha value is -0.370. The van der Waals surface area contributed by atoms with Crippen molar-refractivity contribution in [3.63, 3.8) is 0 Å². The number of nitrogens with zero attached hydrogens (tertiary/aromatic N) is 1. The maximum atomic E-state index is 10.9. The second-order valence-corrected chi connectivity index (χ2v) is 4.96. The normalized spacial score (nSPS) is 25.8. The van der Waals surface area contributed by atoms with Crippen molar-refractivity contribution in [3.8, 4) is 0 Å². The smallest absolute Gasteiger partial charge is 0.139 e. The Kier molecular flexibility index (Phi) is 4.11. The molecule has 82 valence electrons. The van der Waals surface area contributed by atoms with Crippen LogP contribution in [0.1, 0.15) is 46.5 Å². The van der Waals surface area contributed by atoms with E-state index in [1.807, 2.05) is 13.8 Å². The summed E-state index contributed by atoms with van der Waals surface area (Å²) in [5, 5.41) is 0. The van der Waals surface area contributed by atoms with Crippen LogP contribution in [0.25, 0.3) is 0 Å². The first kappa shape index (κ1) is 11.7. The molecule has 0 aromatic carbocycles. The first-order valence-electron chi connectivity index (χ1n) is 5.81. The largest absolute Gasteiger partial charge is 0.301 e. The first-order valence-corrected chi connectivity index (χ1v) is 5.81. The molecule has 1 fully saturated rings. The van der Waals surface area contributed by atoms with Crippen LogP contribution >= 0.6 is 0 Å². The molecule has 1 heterocycles. The summed E-state index contributed by atoms with van der Waals surface area (Å²) in [5.41, 5.74) is -0.261. The molecule has 1 saturated heterocycles. The molecule has 0 aliphatic carbocycles. The van der Waals surface area contributed by atoms with Gasteiger partial charge in [0.1, 0.15) is 6.29 Å². The van der Waals surface area contributed by atoms with Crippen molar-refractivity contribution in [3.05, 3.63) is 0 Å². The third-order valence-corrected chi connectivity index (χ3v) is 3.53. The third-order valence-electron chi connectivity index (χ3n) is 3.53. The minimum Gasteiger partial charge on any atom is -0.301 e. The number of hydrogen-bond donors (Lipinski definition) is 0. The third kappa shape index (κ3) is 2.81. The second-order valence-electron chi connectivity index (χ2n) is 4.96. The van der Waals surface area contributed by atoms with Crippen molar-refractivity contribution >= 4 is 6.29 Å². The lowest BCUT2D eigenvalue weighted by atomic mass is 9.98. The van der Waals surface area contributed by atoms with Gasteiger partial charge in [0.15, 0.2) is 0 Å². The summed E-state index contributed by atoms with van der Waals surface area (Å²) in [4.78, 5) is 13.3. The lowest BCUT2D eigenvalue weighted by molar-refractivity contribution is -0.116. The van der Waals surface area contributed by atoms with Gasteiger partial charge in [-0.05, 0) is 52.1 Å². The fraction of sp³-hybridized carbons (Fsp3) is 0.917. The SMILES string of the molecule is CCC1CCCN(C(C)(C)C=O)CC1. The zero-order chi connectivity index (χ0) is 10.6. The van der Waals surface area contributed by atoms with Gasteiger partial charge in [-0.3, -0.25) is 4.90 Å². The van der Waals surface area contributed by atoms with E-state index in [0.717, 1.165) is 25.3 Å². The molecule has 1 rings (SSSR count). The van der Waals surface area contributed by atoms with E-state index in [0.29, 0.717) is 0 Å². The molecular formula is C12H23NO. The van der Waals surface area contributed by atoms with E-state index in [9.17, 15) is 4.79 Å². The van der Waals surface area contributed by atoms with Crippen LogP contribution < -0.4 is 0 Å². The Labute approximate surface area is 87.7 Å². The van der Waals surface area contributed by atoms with Gasteiger partial charge in [-0.15, -0.1) is 0 Å². The van der Waals surface area contributed by atoms with Crippen LogP contribution in [0.15, 0.2) is 0 Å². The van der Waals surface area contributed by atoms with Gasteiger partial charge in [-0.2, -0.15) is 0 Å². The molecule has 0 spiro atoms. The van der Waals surface area contributed by atoms with Crippen molar-refractivity contribution in [2.75, 3.05) is 13.1 Å².